The Morgan fingerprint density at radius 1 is 1.11 bits per heavy atom. The first-order chi connectivity index (χ1) is 8.25. The van der Waals surface area contributed by atoms with Gasteiger partial charge in [0.15, 0.2) is 5.78 Å². The minimum absolute atomic E-state index is 0.0565. The van der Waals surface area contributed by atoms with Crippen molar-refractivity contribution in [2.45, 2.75) is 26.0 Å². The van der Waals surface area contributed by atoms with E-state index in [1.54, 1.807) is 37.3 Å². The van der Waals surface area contributed by atoms with Gasteiger partial charge in [-0.1, -0.05) is 51.1 Å². The first-order valence-electron chi connectivity index (χ1n) is 5.86. The Hall–Kier alpha value is -1.20. The molecule has 1 aromatic rings. The van der Waals surface area contributed by atoms with Gasteiger partial charge in [0.1, 0.15) is 5.25 Å². The van der Waals surface area contributed by atoms with Crippen molar-refractivity contribution in [3.63, 3.8) is 0 Å². The third-order valence-corrected chi connectivity index (χ3v) is 4.55. The minimum Gasteiger partial charge on any atom is -0.293 e. The van der Waals surface area contributed by atoms with E-state index < -0.39 is 21.1 Å². The fourth-order valence-electron chi connectivity index (χ4n) is 1.80. The highest BCUT2D eigenvalue weighted by Gasteiger charge is 2.36. The summed E-state index contributed by atoms with van der Waals surface area (Å²) >= 11 is 0. The molecule has 0 bridgehead atoms. The van der Waals surface area contributed by atoms with Crippen molar-refractivity contribution in [1.82, 2.24) is 0 Å². The molecule has 100 valence electrons. The van der Waals surface area contributed by atoms with Crippen molar-refractivity contribution >= 4 is 15.8 Å². The Morgan fingerprint density at radius 2 is 1.61 bits per heavy atom. The molecule has 2 unspecified atom stereocenters. The van der Waals surface area contributed by atoms with E-state index in [9.17, 15) is 13.2 Å². The first kappa shape index (κ1) is 14.9. The number of hydrogen-bond acceptors (Lipinski definition) is 3. The molecule has 0 aliphatic carbocycles. The first-order valence-corrected chi connectivity index (χ1v) is 7.47. The quantitative estimate of drug-likeness (QED) is 0.828. The van der Waals surface area contributed by atoms with E-state index in [2.05, 4.69) is 0 Å². The fourth-order valence-corrected chi connectivity index (χ4v) is 3.15. The second-order valence-corrected chi connectivity index (χ2v) is 6.53. The van der Waals surface area contributed by atoms with Crippen LogP contribution in [0.1, 0.15) is 31.1 Å². The Labute approximate surface area is 108 Å². The topological polar surface area (TPSA) is 77.2 Å². The summed E-state index contributed by atoms with van der Waals surface area (Å²) in [5, 5.41) is 4.03. The van der Waals surface area contributed by atoms with Crippen LogP contribution in [0.15, 0.2) is 30.3 Å². The molecule has 5 heteroatoms. The molecule has 0 aliphatic heterocycles. The number of primary sulfonamides is 1. The number of hydrogen-bond donors (Lipinski definition) is 1. The molecule has 2 N–H and O–H groups in total. The van der Waals surface area contributed by atoms with Gasteiger partial charge in [0.05, 0.1) is 0 Å². The summed E-state index contributed by atoms with van der Waals surface area (Å²) in [4.78, 5) is 12.3. The Morgan fingerprint density at radius 3 is 2.00 bits per heavy atom. The lowest BCUT2D eigenvalue weighted by Gasteiger charge is -2.24. The summed E-state index contributed by atoms with van der Waals surface area (Å²) in [5.41, 5.74) is 0.379. The molecule has 18 heavy (non-hydrogen) atoms. The standard InChI is InChI=1S/C13H19NO3S/c1-9(2)10(3)13(18(14,16)17)12(15)11-7-5-4-6-8-11/h4-10,13H,1-3H3,(H2,14,16,17). The predicted octanol–water partition coefficient (Wildman–Crippen LogP) is 1.82. The molecule has 0 aliphatic rings. The molecule has 0 heterocycles. The summed E-state index contributed by atoms with van der Waals surface area (Å²) in [6.45, 7) is 5.49. The zero-order chi connectivity index (χ0) is 13.9. The Balaban J connectivity index is 3.18. The zero-order valence-electron chi connectivity index (χ0n) is 10.8. The summed E-state index contributed by atoms with van der Waals surface area (Å²) < 4.78 is 23.3. The van der Waals surface area contributed by atoms with Gasteiger partial charge in [-0.2, -0.15) is 0 Å². The number of sulfonamides is 1. The van der Waals surface area contributed by atoms with Gasteiger partial charge >= 0.3 is 0 Å². The SMILES string of the molecule is CC(C)C(C)C(C(=O)c1ccccc1)S(N)(=O)=O. The maximum absolute atomic E-state index is 12.3. The van der Waals surface area contributed by atoms with Crippen LogP contribution in [0.25, 0.3) is 0 Å². The molecule has 1 rings (SSSR count). The Bertz CT molecular complexity index is 508. The molecular formula is C13H19NO3S. The van der Waals surface area contributed by atoms with Crippen LogP contribution >= 0.6 is 0 Å². The van der Waals surface area contributed by atoms with Crippen molar-refractivity contribution < 1.29 is 13.2 Å². The average Bonchev–Trinajstić information content (AvgIpc) is 2.28. The van der Waals surface area contributed by atoms with Crippen molar-refractivity contribution in [2.75, 3.05) is 0 Å². The van der Waals surface area contributed by atoms with Crippen molar-refractivity contribution in [2.24, 2.45) is 17.0 Å². The smallest absolute Gasteiger partial charge is 0.219 e. The monoisotopic (exact) mass is 269 g/mol. The second kappa shape index (κ2) is 5.63. The lowest BCUT2D eigenvalue weighted by molar-refractivity contribution is 0.0959. The predicted molar refractivity (Wildman–Crippen MR) is 71.7 cm³/mol. The number of carbonyl (C=O) groups is 1. The van der Waals surface area contributed by atoms with E-state index in [0.29, 0.717) is 5.56 Å². The maximum atomic E-state index is 12.3. The maximum Gasteiger partial charge on any atom is 0.219 e. The van der Waals surface area contributed by atoms with E-state index in [4.69, 9.17) is 5.14 Å². The van der Waals surface area contributed by atoms with E-state index >= 15 is 0 Å². The normalized spacial score (nSPS) is 15.4. The van der Waals surface area contributed by atoms with Crippen LogP contribution in [0.2, 0.25) is 0 Å². The number of benzene rings is 1. The molecular weight excluding hydrogens is 250 g/mol. The molecule has 0 saturated carbocycles. The molecule has 0 spiro atoms. The molecule has 1 aromatic carbocycles. The van der Waals surface area contributed by atoms with Crippen LogP contribution in [-0.2, 0) is 10.0 Å². The number of rotatable bonds is 5. The highest BCUT2D eigenvalue weighted by Crippen LogP contribution is 2.23. The molecule has 0 saturated heterocycles. The van der Waals surface area contributed by atoms with Crippen LogP contribution in [0.5, 0.6) is 0 Å². The molecule has 0 fully saturated rings. The third kappa shape index (κ3) is 3.40. The lowest BCUT2D eigenvalue weighted by Crippen LogP contribution is -2.42. The van der Waals surface area contributed by atoms with Gasteiger partial charge in [-0.05, 0) is 11.8 Å². The largest absolute Gasteiger partial charge is 0.293 e. The lowest BCUT2D eigenvalue weighted by atomic mass is 9.90. The van der Waals surface area contributed by atoms with Gasteiger partial charge in [-0.3, -0.25) is 4.79 Å². The van der Waals surface area contributed by atoms with Gasteiger partial charge in [-0.25, -0.2) is 13.6 Å². The molecule has 0 aromatic heterocycles. The summed E-state index contributed by atoms with van der Waals surface area (Å²) in [6, 6.07) is 8.39. The van der Waals surface area contributed by atoms with E-state index in [1.807, 2.05) is 13.8 Å². The van der Waals surface area contributed by atoms with Crippen LogP contribution < -0.4 is 5.14 Å². The van der Waals surface area contributed by atoms with Gasteiger partial charge in [0.2, 0.25) is 10.0 Å². The minimum atomic E-state index is -3.91. The average molecular weight is 269 g/mol. The third-order valence-electron chi connectivity index (χ3n) is 3.20. The van der Waals surface area contributed by atoms with Crippen LogP contribution in [0.3, 0.4) is 0 Å². The van der Waals surface area contributed by atoms with Crippen molar-refractivity contribution in [3.05, 3.63) is 35.9 Å². The highest BCUT2D eigenvalue weighted by molar-refractivity contribution is 7.90. The molecule has 0 amide bonds. The number of ketones is 1. The highest BCUT2D eigenvalue weighted by atomic mass is 32.2. The van der Waals surface area contributed by atoms with Gasteiger partial charge in [0.25, 0.3) is 0 Å². The van der Waals surface area contributed by atoms with E-state index in [-0.39, 0.29) is 11.8 Å². The van der Waals surface area contributed by atoms with Crippen molar-refractivity contribution in [3.8, 4) is 0 Å². The van der Waals surface area contributed by atoms with Crippen LogP contribution in [0.4, 0.5) is 0 Å². The number of Topliss-reactive ketones (excluding diaryl/α,β-unsaturated/α-hetero) is 1. The van der Waals surface area contributed by atoms with Crippen LogP contribution in [-0.4, -0.2) is 19.5 Å². The Kier molecular flexibility index (Phi) is 4.65. The van der Waals surface area contributed by atoms with Gasteiger partial charge in [-0.15, -0.1) is 0 Å². The molecule has 4 nitrogen and oxygen atoms in total. The number of carbonyl (C=O) groups excluding carboxylic acids is 1. The van der Waals surface area contributed by atoms with Gasteiger partial charge < -0.3 is 0 Å². The molecule has 2 atom stereocenters. The van der Waals surface area contributed by atoms with Crippen LogP contribution in [0, 0.1) is 11.8 Å². The summed E-state index contributed by atoms with van der Waals surface area (Å²) in [5.74, 6) is -0.701. The van der Waals surface area contributed by atoms with E-state index in [1.165, 1.54) is 0 Å². The summed E-state index contributed by atoms with van der Waals surface area (Å²) in [7, 11) is -3.91. The van der Waals surface area contributed by atoms with Crippen molar-refractivity contribution in [1.29, 1.82) is 0 Å². The second-order valence-electron chi connectivity index (χ2n) is 4.84. The zero-order valence-corrected chi connectivity index (χ0v) is 11.6. The fraction of sp³-hybridized carbons (Fsp3) is 0.462. The van der Waals surface area contributed by atoms with Gasteiger partial charge in [0, 0.05) is 5.56 Å². The number of nitrogens with two attached hydrogens (primary N) is 1. The molecule has 0 radical (unpaired) electrons. The van der Waals surface area contributed by atoms with E-state index in [0.717, 1.165) is 0 Å². The summed E-state index contributed by atoms with van der Waals surface area (Å²) in [6.07, 6.45) is 0.